The summed E-state index contributed by atoms with van der Waals surface area (Å²) in [4.78, 5) is 12.1. The molecule has 0 saturated carbocycles. The Morgan fingerprint density at radius 3 is 2.45 bits per heavy atom. The molecule has 4 nitrogen and oxygen atoms in total. The summed E-state index contributed by atoms with van der Waals surface area (Å²) in [5, 5.41) is 21.8. The molecular weight excluding hydrogens is 278 g/mol. The van der Waals surface area contributed by atoms with E-state index in [4.69, 9.17) is 11.6 Å². The SMILES string of the molecule is O=C(NC(CCl)c1ccccc1)c1cccc(O)c1O. The third kappa shape index (κ3) is 3.03. The Morgan fingerprint density at radius 1 is 1.10 bits per heavy atom. The number of benzene rings is 2. The summed E-state index contributed by atoms with van der Waals surface area (Å²) in [6.45, 7) is 0. The fraction of sp³-hybridized carbons (Fsp3) is 0.133. The smallest absolute Gasteiger partial charge is 0.255 e. The number of para-hydroxylation sites is 1. The highest BCUT2D eigenvalue weighted by Crippen LogP contribution is 2.28. The highest BCUT2D eigenvalue weighted by Gasteiger charge is 2.18. The zero-order valence-electron chi connectivity index (χ0n) is 10.6. The molecule has 0 spiro atoms. The van der Waals surface area contributed by atoms with Crippen molar-refractivity contribution in [2.45, 2.75) is 6.04 Å². The van der Waals surface area contributed by atoms with Gasteiger partial charge in [0.05, 0.1) is 11.6 Å². The predicted molar refractivity (Wildman–Crippen MR) is 77.1 cm³/mol. The molecule has 0 aliphatic rings. The molecule has 104 valence electrons. The minimum atomic E-state index is -0.493. The van der Waals surface area contributed by atoms with Gasteiger partial charge in [0, 0.05) is 5.88 Å². The van der Waals surface area contributed by atoms with Crippen LogP contribution in [0.15, 0.2) is 48.5 Å². The second kappa shape index (κ2) is 6.30. The van der Waals surface area contributed by atoms with Crippen LogP contribution in [0.25, 0.3) is 0 Å². The van der Waals surface area contributed by atoms with Crippen LogP contribution in [0.1, 0.15) is 22.0 Å². The number of aromatic hydroxyl groups is 2. The van der Waals surface area contributed by atoms with E-state index in [2.05, 4.69) is 5.32 Å². The third-order valence-corrected chi connectivity index (χ3v) is 3.23. The zero-order chi connectivity index (χ0) is 14.5. The van der Waals surface area contributed by atoms with E-state index in [1.165, 1.54) is 18.2 Å². The lowest BCUT2D eigenvalue weighted by Gasteiger charge is -2.17. The molecule has 1 amide bonds. The normalized spacial score (nSPS) is 11.8. The summed E-state index contributed by atoms with van der Waals surface area (Å²) < 4.78 is 0. The standard InChI is InChI=1S/C15H14ClNO3/c16-9-12(10-5-2-1-3-6-10)17-15(20)11-7-4-8-13(18)14(11)19/h1-8,12,18-19H,9H2,(H,17,20). The van der Waals surface area contributed by atoms with Crippen molar-refractivity contribution < 1.29 is 15.0 Å². The van der Waals surface area contributed by atoms with Gasteiger partial charge in [-0.3, -0.25) is 4.79 Å². The Labute approximate surface area is 121 Å². The number of carbonyl (C=O) groups excluding carboxylic acids is 1. The lowest BCUT2D eigenvalue weighted by atomic mass is 10.1. The molecule has 0 heterocycles. The van der Waals surface area contributed by atoms with Crippen LogP contribution < -0.4 is 5.32 Å². The number of nitrogens with one attached hydrogen (secondary N) is 1. The minimum Gasteiger partial charge on any atom is -0.504 e. The van der Waals surface area contributed by atoms with E-state index in [-0.39, 0.29) is 23.2 Å². The van der Waals surface area contributed by atoms with Crippen LogP contribution in [-0.4, -0.2) is 22.0 Å². The van der Waals surface area contributed by atoms with Crippen LogP contribution in [0.4, 0.5) is 0 Å². The molecule has 0 saturated heterocycles. The molecule has 1 atom stereocenters. The van der Waals surface area contributed by atoms with Crippen molar-refractivity contribution in [3.8, 4) is 11.5 Å². The van der Waals surface area contributed by atoms with Gasteiger partial charge in [0.2, 0.25) is 0 Å². The van der Waals surface area contributed by atoms with Gasteiger partial charge < -0.3 is 15.5 Å². The first-order valence-corrected chi connectivity index (χ1v) is 6.59. The Balaban J connectivity index is 2.20. The minimum absolute atomic E-state index is 0.0102. The van der Waals surface area contributed by atoms with Crippen LogP contribution in [0.2, 0.25) is 0 Å². The summed E-state index contributed by atoms with van der Waals surface area (Å²) in [7, 11) is 0. The van der Waals surface area contributed by atoms with Crippen LogP contribution in [0.5, 0.6) is 11.5 Å². The van der Waals surface area contributed by atoms with Crippen LogP contribution in [-0.2, 0) is 0 Å². The average Bonchev–Trinajstić information content (AvgIpc) is 2.48. The fourth-order valence-electron chi connectivity index (χ4n) is 1.85. The third-order valence-electron chi connectivity index (χ3n) is 2.92. The monoisotopic (exact) mass is 291 g/mol. The summed E-state index contributed by atoms with van der Waals surface area (Å²) in [5.74, 6) is -1.06. The molecule has 0 aliphatic heterocycles. The molecule has 3 N–H and O–H groups in total. The largest absolute Gasteiger partial charge is 0.504 e. The predicted octanol–water partition coefficient (Wildman–Crippen LogP) is 2.81. The Kier molecular flexibility index (Phi) is 4.48. The summed E-state index contributed by atoms with van der Waals surface area (Å²) >= 11 is 5.88. The summed E-state index contributed by atoms with van der Waals surface area (Å²) in [6.07, 6.45) is 0. The van der Waals surface area contributed by atoms with Gasteiger partial charge in [-0.1, -0.05) is 36.4 Å². The van der Waals surface area contributed by atoms with Crippen molar-refractivity contribution in [2.24, 2.45) is 0 Å². The van der Waals surface area contributed by atoms with E-state index in [1.54, 1.807) is 0 Å². The molecule has 2 aromatic rings. The highest BCUT2D eigenvalue weighted by atomic mass is 35.5. The number of hydrogen-bond acceptors (Lipinski definition) is 3. The second-order valence-electron chi connectivity index (χ2n) is 4.26. The number of amides is 1. The maximum Gasteiger partial charge on any atom is 0.255 e. The quantitative estimate of drug-likeness (QED) is 0.599. The maximum atomic E-state index is 12.1. The molecule has 1 unspecified atom stereocenters. The number of phenolic OH excluding ortho intramolecular Hbond substituents is 2. The van der Waals surface area contributed by atoms with Crippen molar-refractivity contribution >= 4 is 17.5 Å². The van der Waals surface area contributed by atoms with Gasteiger partial charge in [0.25, 0.3) is 5.91 Å². The van der Waals surface area contributed by atoms with Crippen molar-refractivity contribution in [3.05, 3.63) is 59.7 Å². The van der Waals surface area contributed by atoms with Gasteiger partial charge in [-0.15, -0.1) is 11.6 Å². The number of hydrogen-bond donors (Lipinski definition) is 3. The van der Waals surface area contributed by atoms with Gasteiger partial charge in [0.15, 0.2) is 11.5 Å². The first kappa shape index (κ1) is 14.2. The van der Waals surface area contributed by atoms with Gasteiger partial charge in [-0.05, 0) is 17.7 Å². The molecule has 0 aliphatic carbocycles. The zero-order valence-corrected chi connectivity index (χ0v) is 11.3. The van der Waals surface area contributed by atoms with Gasteiger partial charge in [0.1, 0.15) is 0 Å². The molecule has 0 bridgehead atoms. The Hall–Kier alpha value is -2.20. The second-order valence-corrected chi connectivity index (χ2v) is 4.57. The van der Waals surface area contributed by atoms with Gasteiger partial charge in [-0.2, -0.15) is 0 Å². The molecule has 20 heavy (non-hydrogen) atoms. The van der Waals surface area contributed by atoms with E-state index < -0.39 is 11.7 Å². The molecule has 0 radical (unpaired) electrons. The first-order chi connectivity index (χ1) is 9.63. The van der Waals surface area contributed by atoms with Crippen molar-refractivity contribution in [3.63, 3.8) is 0 Å². The number of alkyl halides is 1. The lowest BCUT2D eigenvalue weighted by molar-refractivity contribution is 0.0937. The Bertz CT molecular complexity index is 601. The topological polar surface area (TPSA) is 69.6 Å². The molecular formula is C15H14ClNO3. The van der Waals surface area contributed by atoms with Crippen LogP contribution in [0.3, 0.4) is 0 Å². The summed E-state index contributed by atoms with van der Waals surface area (Å²) in [6, 6.07) is 13.2. The van der Waals surface area contributed by atoms with Crippen LogP contribution in [0, 0.1) is 0 Å². The van der Waals surface area contributed by atoms with Crippen molar-refractivity contribution in [1.29, 1.82) is 0 Å². The van der Waals surface area contributed by atoms with E-state index in [9.17, 15) is 15.0 Å². The number of rotatable bonds is 4. The number of carbonyl (C=O) groups is 1. The fourth-order valence-corrected chi connectivity index (χ4v) is 2.10. The van der Waals surface area contributed by atoms with Crippen molar-refractivity contribution in [1.82, 2.24) is 5.32 Å². The molecule has 2 aromatic carbocycles. The van der Waals surface area contributed by atoms with Crippen molar-refractivity contribution in [2.75, 3.05) is 5.88 Å². The van der Waals surface area contributed by atoms with Gasteiger partial charge in [-0.25, -0.2) is 0 Å². The van der Waals surface area contributed by atoms with E-state index in [0.29, 0.717) is 0 Å². The van der Waals surface area contributed by atoms with Crippen LogP contribution >= 0.6 is 11.6 Å². The molecule has 0 fully saturated rings. The Morgan fingerprint density at radius 2 is 1.80 bits per heavy atom. The molecule has 0 aromatic heterocycles. The molecule has 2 rings (SSSR count). The highest BCUT2D eigenvalue weighted by molar-refractivity contribution is 6.18. The van der Waals surface area contributed by atoms with E-state index >= 15 is 0 Å². The summed E-state index contributed by atoms with van der Waals surface area (Å²) in [5.41, 5.74) is 0.881. The maximum absolute atomic E-state index is 12.1. The lowest BCUT2D eigenvalue weighted by Crippen LogP contribution is -2.29. The molecule has 5 heteroatoms. The van der Waals surface area contributed by atoms with E-state index in [1.807, 2.05) is 30.3 Å². The van der Waals surface area contributed by atoms with E-state index in [0.717, 1.165) is 5.56 Å². The van der Waals surface area contributed by atoms with Gasteiger partial charge >= 0.3 is 0 Å². The first-order valence-electron chi connectivity index (χ1n) is 6.06. The number of halogens is 1. The average molecular weight is 292 g/mol. The number of phenols is 2.